The Morgan fingerprint density at radius 2 is 1.93 bits per heavy atom. The van der Waals surface area contributed by atoms with E-state index < -0.39 is 10.0 Å². The number of anilines is 1. The van der Waals surface area contributed by atoms with Gasteiger partial charge in [-0.15, -0.1) is 0 Å². The Labute approximate surface area is 160 Å². The van der Waals surface area contributed by atoms with E-state index in [9.17, 15) is 13.2 Å². The second-order valence-corrected chi connectivity index (χ2v) is 8.70. The topological polar surface area (TPSA) is 88.2 Å². The smallest absolute Gasteiger partial charge is 0.262 e. The molecule has 1 heterocycles. The summed E-state index contributed by atoms with van der Waals surface area (Å²) in [6.07, 6.45) is 8.98. The third-order valence-corrected chi connectivity index (χ3v) is 6.30. The standard InChI is InChI=1S/C20H25N3O3S/c1-15-12-17(14-21-13-15)23-27(25,26)19-9-5-4-8-18(19)20(24)22-11-10-16-6-2-3-7-16/h4-5,8-9,12-14,16,23H,2-3,6-7,10-11H2,1H3,(H,22,24). The first kappa shape index (κ1) is 19.4. The first-order valence-corrected chi connectivity index (χ1v) is 10.8. The van der Waals surface area contributed by atoms with Crippen molar-refractivity contribution < 1.29 is 13.2 Å². The van der Waals surface area contributed by atoms with Gasteiger partial charge in [0.1, 0.15) is 4.90 Å². The van der Waals surface area contributed by atoms with Crippen molar-refractivity contribution in [1.82, 2.24) is 10.3 Å². The van der Waals surface area contributed by atoms with Crippen molar-refractivity contribution in [2.24, 2.45) is 5.92 Å². The van der Waals surface area contributed by atoms with Crippen LogP contribution in [0.15, 0.2) is 47.6 Å². The van der Waals surface area contributed by atoms with Gasteiger partial charge in [-0.05, 0) is 43.0 Å². The number of aromatic nitrogens is 1. The maximum atomic E-state index is 12.8. The molecule has 2 aromatic rings. The van der Waals surface area contributed by atoms with Gasteiger partial charge in [-0.25, -0.2) is 8.42 Å². The quantitative estimate of drug-likeness (QED) is 0.761. The SMILES string of the molecule is Cc1cncc(NS(=O)(=O)c2ccccc2C(=O)NCCC2CCCC2)c1. The van der Waals surface area contributed by atoms with Crippen molar-refractivity contribution in [1.29, 1.82) is 0 Å². The van der Waals surface area contributed by atoms with Gasteiger partial charge in [-0.3, -0.25) is 14.5 Å². The van der Waals surface area contributed by atoms with Crippen LogP contribution in [0.1, 0.15) is 48.0 Å². The molecule has 0 saturated heterocycles. The number of benzene rings is 1. The summed E-state index contributed by atoms with van der Waals surface area (Å²) in [7, 11) is -3.90. The van der Waals surface area contributed by atoms with E-state index in [0.717, 1.165) is 12.0 Å². The van der Waals surface area contributed by atoms with Crippen LogP contribution in [0.2, 0.25) is 0 Å². The molecule has 3 rings (SSSR count). The van der Waals surface area contributed by atoms with E-state index in [-0.39, 0.29) is 16.4 Å². The summed E-state index contributed by atoms with van der Waals surface area (Å²) < 4.78 is 28.1. The lowest BCUT2D eigenvalue weighted by Gasteiger charge is -2.13. The molecule has 1 saturated carbocycles. The number of nitrogens with one attached hydrogen (secondary N) is 2. The molecular weight excluding hydrogens is 362 g/mol. The predicted octanol–water partition coefficient (Wildman–Crippen LogP) is 3.50. The normalized spacial score (nSPS) is 14.9. The summed E-state index contributed by atoms with van der Waals surface area (Å²) in [5, 5.41) is 2.87. The third-order valence-electron chi connectivity index (χ3n) is 4.86. The first-order valence-electron chi connectivity index (χ1n) is 9.27. The highest BCUT2D eigenvalue weighted by Gasteiger charge is 2.23. The number of rotatable bonds is 7. The zero-order valence-electron chi connectivity index (χ0n) is 15.4. The van der Waals surface area contributed by atoms with Crippen LogP contribution in [0, 0.1) is 12.8 Å². The van der Waals surface area contributed by atoms with E-state index in [1.54, 1.807) is 24.4 Å². The molecule has 0 spiro atoms. The number of carbonyl (C=O) groups is 1. The highest BCUT2D eigenvalue weighted by atomic mass is 32.2. The molecule has 1 aromatic carbocycles. The van der Waals surface area contributed by atoms with Gasteiger partial charge in [-0.1, -0.05) is 37.8 Å². The molecule has 144 valence electrons. The van der Waals surface area contributed by atoms with E-state index in [1.807, 2.05) is 6.92 Å². The van der Waals surface area contributed by atoms with E-state index in [4.69, 9.17) is 0 Å². The molecule has 1 fully saturated rings. The highest BCUT2D eigenvalue weighted by Crippen LogP contribution is 2.27. The Hall–Kier alpha value is -2.41. The maximum absolute atomic E-state index is 12.8. The van der Waals surface area contributed by atoms with E-state index >= 15 is 0 Å². The van der Waals surface area contributed by atoms with Crippen LogP contribution < -0.4 is 10.0 Å². The predicted molar refractivity (Wildman–Crippen MR) is 105 cm³/mol. The summed E-state index contributed by atoms with van der Waals surface area (Å²) in [5.41, 5.74) is 1.36. The van der Waals surface area contributed by atoms with Crippen molar-refractivity contribution in [3.63, 3.8) is 0 Å². The Balaban J connectivity index is 1.72. The molecule has 0 bridgehead atoms. The Kier molecular flexibility index (Phi) is 6.11. The molecule has 7 heteroatoms. The minimum Gasteiger partial charge on any atom is -0.352 e. The van der Waals surface area contributed by atoms with Crippen LogP contribution in [0.25, 0.3) is 0 Å². The lowest BCUT2D eigenvalue weighted by Crippen LogP contribution is -2.28. The van der Waals surface area contributed by atoms with Crippen LogP contribution in [-0.2, 0) is 10.0 Å². The van der Waals surface area contributed by atoms with Crippen molar-refractivity contribution >= 4 is 21.6 Å². The average molecular weight is 388 g/mol. The van der Waals surface area contributed by atoms with E-state index in [0.29, 0.717) is 18.2 Å². The number of hydrogen-bond acceptors (Lipinski definition) is 4. The molecule has 27 heavy (non-hydrogen) atoms. The van der Waals surface area contributed by atoms with Gasteiger partial charge < -0.3 is 5.32 Å². The summed E-state index contributed by atoms with van der Waals surface area (Å²) in [6.45, 7) is 2.39. The number of sulfonamides is 1. The first-order chi connectivity index (χ1) is 13.0. The molecule has 1 aliphatic rings. The van der Waals surface area contributed by atoms with Gasteiger partial charge in [0.05, 0.1) is 17.4 Å². The fourth-order valence-electron chi connectivity index (χ4n) is 3.49. The van der Waals surface area contributed by atoms with Crippen LogP contribution in [0.3, 0.4) is 0 Å². The molecule has 1 aromatic heterocycles. The van der Waals surface area contributed by atoms with Gasteiger partial charge in [0, 0.05) is 12.7 Å². The molecule has 6 nitrogen and oxygen atoms in total. The van der Waals surface area contributed by atoms with Crippen LogP contribution in [-0.4, -0.2) is 25.9 Å². The fraction of sp³-hybridized carbons (Fsp3) is 0.400. The van der Waals surface area contributed by atoms with Crippen molar-refractivity contribution in [2.75, 3.05) is 11.3 Å². The summed E-state index contributed by atoms with van der Waals surface area (Å²) in [6, 6.07) is 7.94. The monoisotopic (exact) mass is 387 g/mol. The summed E-state index contributed by atoms with van der Waals surface area (Å²) in [5.74, 6) is 0.302. The molecule has 0 unspecified atom stereocenters. The molecular formula is C20H25N3O3S. The zero-order chi connectivity index (χ0) is 19.3. The summed E-state index contributed by atoms with van der Waals surface area (Å²) in [4.78, 5) is 16.5. The molecule has 1 amide bonds. The molecule has 0 aliphatic heterocycles. The average Bonchev–Trinajstić information content (AvgIpc) is 3.15. The Bertz CT molecular complexity index is 906. The summed E-state index contributed by atoms with van der Waals surface area (Å²) >= 11 is 0. The number of carbonyl (C=O) groups excluding carboxylic acids is 1. The Morgan fingerprint density at radius 1 is 1.19 bits per heavy atom. The largest absolute Gasteiger partial charge is 0.352 e. The number of nitrogens with zero attached hydrogens (tertiary/aromatic N) is 1. The third kappa shape index (κ3) is 5.07. The van der Waals surface area contributed by atoms with Crippen LogP contribution in [0.5, 0.6) is 0 Å². The Morgan fingerprint density at radius 3 is 2.67 bits per heavy atom. The van der Waals surface area contributed by atoms with Gasteiger partial charge in [0.25, 0.3) is 15.9 Å². The fourth-order valence-corrected chi connectivity index (χ4v) is 4.73. The van der Waals surface area contributed by atoms with Crippen LogP contribution in [0.4, 0.5) is 5.69 Å². The lowest BCUT2D eigenvalue weighted by molar-refractivity contribution is 0.0948. The number of aryl methyl sites for hydroxylation is 1. The van der Waals surface area contributed by atoms with Gasteiger partial charge in [0.2, 0.25) is 0 Å². The van der Waals surface area contributed by atoms with Crippen molar-refractivity contribution in [2.45, 2.75) is 43.9 Å². The molecule has 0 atom stereocenters. The zero-order valence-corrected chi connectivity index (χ0v) is 16.3. The van der Waals surface area contributed by atoms with Crippen molar-refractivity contribution in [3.8, 4) is 0 Å². The van der Waals surface area contributed by atoms with Gasteiger partial charge in [-0.2, -0.15) is 0 Å². The molecule has 2 N–H and O–H groups in total. The van der Waals surface area contributed by atoms with E-state index in [2.05, 4.69) is 15.0 Å². The number of amides is 1. The minimum absolute atomic E-state index is 0.0372. The lowest BCUT2D eigenvalue weighted by atomic mass is 10.0. The highest BCUT2D eigenvalue weighted by molar-refractivity contribution is 7.92. The molecule has 0 radical (unpaired) electrons. The molecule has 1 aliphatic carbocycles. The second-order valence-electron chi connectivity index (χ2n) is 7.05. The second kappa shape index (κ2) is 8.52. The maximum Gasteiger partial charge on any atom is 0.262 e. The van der Waals surface area contributed by atoms with Crippen molar-refractivity contribution in [3.05, 3.63) is 53.9 Å². The van der Waals surface area contributed by atoms with Crippen LogP contribution >= 0.6 is 0 Å². The number of pyridine rings is 1. The van der Waals surface area contributed by atoms with E-state index in [1.165, 1.54) is 44.0 Å². The van der Waals surface area contributed by atoms with Gasteiger partial charge in [0.15, 0.2) is 0 Å². The van der Waals surface area contributed by atoms with Gasteiger partial charge >= 0.3 is 0 Å². The number of hydrogen-bond donors (Lipinski definition) is 2. The minimum atomic E-state index is -3.90.